The van der Waals surface area contributed by atoms with Crippen molar-refractivity contribution in [2.45, 2.75) is 39.4 Å². The molecule has 172 valence electrons. The molecule has 1 aliphatic rings. The van der Waals surface area contributed by atoms with Gasteiger partial charge in [0.25, 0.3) is 5.91 Å². The van der Waals surface area contributed by atoms with Gasteiger partial charge in [-0.25, -0.2) is 14.2 Å². The molecule has 2 atom stereocenters. The first-order chi connectivity index (χ1) is 14.7. The molecule has 31 heavy (non-hydrogen) atoms. The van der Waals surface area contributed by atoms with E-state index in [1.54, 1.807) is 11.8 Å². The minimum absolute atomic E-state index is 0.00968. The topological polar surface area (TPSA) is 110 Å². The zero-order valence-electron chi connectivity index (χ0n) is 17.5. The van der Waals surface area contributed by atoms with E-state index < -0.39 is 24.1 Å². The second-order valence-electron chi connectivity index (χ2n) is 6.85. The summed E-state index contributed by atoms with van der Waals surface area (Å²) in [6.45, 7) is 8.52. The van der Waals surface area contributed by atoms with E-state index in [1.807, 2.05) is 0 Å². The van der Waals surface area contributed by atoms with E-state index in [-0.39, 0.29) is 27.2 Å². The maximum atomic E-state index is 14.5. The number of anilines is 1. The van der Waals surface area contributed by atoms with Crippen LogP contribution in [0.4, 0.5) is 9.52 Å². The van der Waals surface area contributed by atoms with Crippen molar-refractivity contribution >= 4 is 51.5 Å². The molecule has 0 bridgehead atoms. The lowest BCUT2D eigenvalue weighted by molar-refractivity contribution is 0.0701. The van der Waals surface area contributed by atoms with Gasteiger partial charge in [0, 0.05) is 12.2 Å². The largest absolute Gasteiger partial charge is 0.477 e. The van der Waals surface area contributed by atoms with Gasteiger partial charge in [-0.15, -0.1) is 0 Å². The van der Waals surface area contributed by atoms with Crippen molar-refractivity contribution in [1.82, 2.24) is 20.6 Å². The molecule has 0 spiro atoms. The van der Waals surface area contributed by atoms with Crippen LogP contribution in [-0.4, -0.2) is 65.3 Å². The Morgan fingerprint density at radius 2 is 2.03 bits per heavy atom. The first-order valence-corrected chi connectivity index (χ1v) is 11.4. The normalized spacial score (nSPS) is 18.3. The Hall–Kier alpha value is -1.88. The van der Waals surface area contributed by atoms with E-state index in [0.717, 1.165) is 24.4 Å². The molecule has 1 saturated heterocycles. The fraction of sp³-hybridized carbons (Fsp3) is 0.526. The van der Waals surface area contributed by atoms with Crippen LogP contribution in [0.25, 0.3) is 0 Å². The van der Waals surface area contributed by atoms with Crippen LogP contribution < -0.4 is 15.5 Å². The molecule has 2 aromatic rings. The van der Waals surface area contributed by atoms with Gasteiger partial charge in [-0.1, -0.05) is 48.4 Å². The molecular formula is C19H26Cl2FN5O3S. The maximum absolute atomic E-state index is 14.5. The van der Waals surface area contributed by atoms with Crippen LogP contribution in [0.3, 0.4) is 0 Å². The molecule has 3 heterocycles. The van der Waals surface area contributed by atoms with Crippen LogP contribution in [0.1, 0.15) is 46.1 Å². The van der Waals surface area contributed by atoms with Gasteiger partial charge >= 0.3 is 5.97 Å². The van der Waals surface area contributed by atoms with Gasteiger partial charge in [-0.2, -0.15) is 0 Å². The number of hydrogen-bond donors (Lipinski definition) is 4. The Bertz CT molecular complexity index is 905. The van der Waals surface area contributed by atoms with E-state index in [4.69, 9.17) is 28.3 Å². The Morgan fingerprint density at radius 1 is 1.35 bits per heavy atom. The summed E-state index contributed by atoms with van der Waals surface area (Å²) in [6.07, 6.45) is 0.262. The third-order valence-electron chi connectivity index (χ3n) is 4.61. The summed E-state index contributed by atoms with van der Waals surface area (Å²) < 4.78 is 14.5. The van der Waals surface area contributed by atoms with Crippen molar-refractivity contribution in [3.63, 3.8) is 0 Å². The summed E-state index contributed by atoms with van der Waals surface area (Å²) in [5.41, 5.74) is 0.668. The van der Waals surface area contributed by atoms with Crippen LogP contribution in [0, 0.1) is 6.92 Å². The number of carboxylic acid groups (broad SMARTS) is 1. The molecule has 3 rings (SSSR count). The molecule has 1 amide bonds. The zero-order chi connectivity index (χ0) is 23.1. The number of nitrogens with one attached hydrogen (secondary N) is 3. The first kappa shape index (κ1) is 25.4. The van der Waals surface area contributed by atoms with Crippen molar-refractivity contribution in [3.8, 4) is 0 Å². The van der Waals surface area contributed by atoms with Crippen molar-refractivity contribution in [1.29, 1.82) is 0 Å². The van der Waals surface area contributed by atoms with Crippen molar-refractivity contribution < 1.29 is 19.1 Å². The summed E-state index contributed by atoms with van der Waals surface area (Å²) in [5, 5.41) is 15.5. The smallest absolute Gasteiger partial charge is 0.347 e. The number of aromatic carboxylic acids is 1. The molecule has 1 fully saturated rings. The minimum Gasteiger partial charge on any atom is -0.477 e. The number of carbonyl (C=O) groups excluding carboxylic acids is 1. The molecule has 2 aromatic heterocycles. The number of aryl methyl sites for hydroxylation is 1. The standard InChI is InChI=1S/C15H15Cl2FN4O3S.C4H11N/c1-6-10(16)11(17)12(20-6)13(23)21-8-2-3-22(5-7(8)18)15-19-4-9(26-15)14(24)25;1-3-5-4-2/h4,7-8,20H,2-3,5H2,1H3,(H,21,23)(H,24,25);5H,3-4H2,1-2H3/t7-,8+;/m0./s1. The molecule has 1 aliphatic heterocycles. The van der Waals surface area contributed by atoms with Gasteiger partial charge in [0.1, 0.15) is 16.7 Å². The Morgan fingerprint density at radius 3 is 2.48 bits per heavy atom. The van der Waals surface area contributed by atoms with Crippen LogP contribution >= 0.6 is 34.5 Å². The van der Waals surface area contributed by atoms with E-state index >= 15 is 0 Å². The lowest BCUT2D eigenvalue weighted by Gasteiger charge is -2.34. The summed E-state index contributed by atoms with van der Waals surface area (Å²) in [5.74, 6) is -1.59. The second kappa shape index (κ2) is 11.7. The molecule has 0 aromatic carbocycles. The molecular weight excluding hydrogens is 468 g/mol. The number of aromatic amines is 1. The number of alkyl halides is 1. The third-order valence-corrected chi connectivity index (χ3v) is 6.61. The van der Waals surface area contributed by atoms with E-state index in [1.165, 1.54) is 6.20 Å². The van der Waals surface area contributed by atoms with Crippen LogP contribution in [-0.2, 0) is 0 Å². The second-order valence-corrected chi connectivity index (χ2v) is 8.62. The van der Waals surface area contributed by atoms with Crippen molar-refractivity contribution in [2.24, 2.45) is 0 Å². The van der Waals surface area contributed by atoms with Crippen LogP contribution in [0.15, 0.2) is 6.20 Å². The Kier molecular flexibility index (Phi) is 9.54. The lowest BCUT2D eigenvalue weighted by atomic mass is 10.0. The number of aromatic nitrogens is 2. The van der Waals surface area contributed by atoms with Crippen molar-refractivity contribution in [2.75, 3.05) is 31.1 Å². The van der Waals surface area contributed by atoms with Gasteiger partial charge in [0.05, 0.1) is 28.8 Å². The molecule has 0 saturated carbocycles. The number of piperidine rings is 1. The molecule has 0 radical (unpaired) electrons. The summed E-state index contributed by atoms with van der Waals surface area (Å²) in [4.78, 5) is 31.9. The highest BCUT2D eigenvalue weighted by molar-refractivity contribution is 7.17. The predicted octanol–water partition coefficient (Wildman–Crippen LogP) is 3.75. The number of H-pyrrole nitrogens is 1. The quantitative estimate of drug-likeness (QED) is 0.487. The highest BCUT2D eigenvalue weighted by atomic mass is 35.5. The zero-order valence-corrected chi connectivity index (χ0v) is 19.8. The van der Waals surface area contributed by atoms with E-state index in [0.29, 0.717) is 23.8 Å². The Balaban J connectivity index is 0.000000614. The first-order valence-electron chi connectivity index (χ1n) is 9.82. The lowest BCUT2D eigenvalue weighted by Crippen LogP contribution is -2.52. The van der Waals surface area contributed by atoms with Gasteiger partial charge in [0.15, 0.2) is 5.13 Å². The number of rotatable bonds is 6. The third kappa shape index (κ3) is 6.55. The van der Waals surface area contributed by atoms with Gasteiger partial charge in [-0.05, 0) is 26.4 Å². The number of nitrogens with zero attached hydrogens (tertiary/aromatic N) is 2. The fourth-order valence-electron chi connectivity index (χ4n) is 2.97. The molecule has 4 N–H and O–H groups in total. The molecule has 12 heteroatoms. The highest BCUT2D eigenvalue weighted by Crippen LogP contribution is 2.30. The highest BCUT2D eigenvalue weighted by Gasteiger charge is 2.33. The van der Waals surface area contributed by atoms with E-state index in [9.17, 15) is 14.0 Å². The monoisotopic (exact) mass is 493 g/mol. The van der Waals surface area contributed by atoms with Crippen LogP contribution in [0.2, 0.25) is 10.0 Å². The summed E-state index contributed by atoms with van der Waals surface area (Å²) in [6, 6.07) is -0.684. The molecule has 0 aliphatic carbocycles. The van der Waals surface area contributed by atoms with Gasteiger partial charge < -0.3 is 25.6 Å². The number of carboxylic acids is 1. The SMILES string of the molecule is CCNCC.Cc1[nH]c(C(=O)N[C@@H]2CCN(c3ncc(C(=O)O)s3)C[C@@H]2F)c(Cl)c1Cl. The number of thiazole rings is 1. The summed E-state index contributed by atoms with van der Waals surface area (Å²) >= 11 is 13.0. The molecule has 0 unspecified atom stereocenters. The summed E-state index contributed by atoms with van der Waals surface area (Å²) in [7, 11) is 0. The average Bonchev–Trinajstić information content (AvgIpc) is 3.32. The van der Waals surface area contributed by atoms with Gasteiger partial charge in [0.2, 0.25) is 0 Å². The average molecular weight is 494 g/mol. The molecule has 8 nitrogen and oxygen atoms in total. The van der Waals surface area contributed by atoms with E-state index in [2.05, 4.69) is 34.4 Å². The maximum Gasteiger partial charge on any atom is 0.347 e. The minimum atomic E-state index is -1.34. The predicted molar refractivity (Wildman–Crippen MR) is 122 cm³/mol. The Labute approximate surface area is 194 Å². The number of carbonyl (C=O) groups is 2. The number of hydrogen-bond acceptors (Lipinski definition) is 6. The van der Waals surface area contributed by atoms with Crippen molar-refractivity contribution in [3.05, 3.63) is 32.5 Å². The van der Waals surface area contributed by atoms with Gasteiger partial charge in [-0.3, -0.25) is 4.79 Å². The number of halogens is 3. The number of amides is 1. The fourth-order valence-corrected chi connectivity index (χ4v) is 4.18. The van der Waals surface area contributed by atoms with Crippen LogP contribution in [0.5, 0.6) is 0 Å².